The van der Waals surface area contributed by atoms with E-state index in [4.69, 9.17) is 0 Å². The van der Waals surface area contributed by atoms with Crippen LogP contribution in [0.15, 0.2) is 0 Å². The van der Waals surface area contributed by atoms with Crippen molar-refractivity contribution in [3.8, 4) is 0 Å². The van der Waals surface area contributed by atoms with E-state index in [9.17, 15) is 0 Å². The van der Waals surface area contributed by atoms with Crippen molar-refractivity contribution >= 4 is 0 Å². The number of hydrogen-bond acceptors (Lipinski definition) is 0. The molecule has 0 N–H and O–H groups in total. The van der Waals surface area contributed by atoms with Crippen molar-refractivity contribution < 1.29 is 0 Å². The Kier molecular flexibility index (Phi) is 8.98. The standard InChI is InChI=1S/C10H19.2CH4.Rf/c1-4-9-5-7-10(2,3)8-6-9;;;/h9H,1,4-8H2,2-3H3;2*1H4;/q-1;;;. The second-order valence-corrected chi connectivity index (χ2v) is 4.40. The second kappa shape index (κ2) is 6.51. The van der Waals surface area contributed by atoms with Crippen LogP contribution in [0.3, 0.4) is 0 Å². The zero-order chi connectivity index (χ0) is 7.61. The summed E-state index contributed by atoms with van der Waals surface area (Å²) in [6.45, 7) is 8.72. The Labute approximate surface area is 79.8 Å². The first-order valence-electron chi connectivity index (χ1n) is 4.43. The van der Waals surface area contributed by atoms with E-state index in [1.54, 1.807) is 0 Å². The van der Waals surface area contributed by atoms with Crippen LogP contribution in [0.2, 0.25) is 0 Å². The van der Waals surface area contributed by atoms with Gasteiger partial charge in [0, 0.05) is 0 Å². The third-order valence-corrected chi connectivity index (χ3v) is 2.87. The molecule has 0 radical (unpaired) electrons. The summed E-state index contributed by atoms with van der Waals surface area (Å²) >= 11 is 0. The summed E-state index contributed by atoms with van der Waals surface area (Å²) in [5, 5.41) is 0. The van der Waals surface area contributed by atoms with Crippen molar-refractivity contribution in [1.29, 1.82) is 0 Å². The topological polar surface area (TPSA) is 0 Å². The molecule has 0 amide bonds. The van der Waals surface area contributed by atoms with Gasteiger partial charge in [-0.05, 0) is 18.3 Å². The van der Waals surface area contributed by atoms with Crippen LogP contribution >= 0.6 is 0 Å². The smallest absolute Gasteiger partial charge is 0 e. The SMILES string of the molecule is C.C.[CH2-]CC1CCC(C)(C)CC1.[Rf]. The monoisotopic (exact) mass is 438 g/mol. The van der Waals surface area contributed by atoms with E-state index in [0.717, 1.165) is 12.3 Å². The van der Waals surface area contributed by atoms with Gasteiger partial charge in [0.2, 0.25) is 0 Å². The molecule has 0 saturated heterocycles. The fourth-order valence-corrected chi connectivity index (χ4v) is 1.75. The molecule has 0 nitrogen and oxygen atoms in total. The van der Waals surface area contributed by atoms with Crippen LogP contribution in [0.5, 0.6) is 0 Å². The first-order chi connectivity index (χ1) is 4.64. The second-order valence-electron chi connectivity index (χ2n) is 4.40. The van der Waals surface area contributed by atoms with E-state index >= 15 is 0 Å². The number of rotatable bonds is 1. The Morgan fingerprint density at radius 1 is 1.15 bits per heavy atom. The van der Waals surface area contributed by atoms with Crippen LogP contribution in [0.4, 0.5) is 0 Å². The van der Waals surface area contributed by atoms with Gasteiger partial charge < -0.3 is 6.92 Å². The maximum Gasteiger partial charge on any atom is 0 e. The molecule has 0 spiro atoms. The van der Waals surface area contributed by atoms with Crippen molar-refractivity contribution in [3.05, 3.63) is 6.92 Å². The van der Waals surface area contributed by atoms with E-state index in [-0.39, 0.29) is 14.9 Å². The molecule has 1 heteroatoms. The molecule has 1 rings (SSSR count). The fraction of sp³-hybridized carbons (Fsp3) is 0.917. The van der Waals surface area contributed by atoms with Gasteiger partial charge in [0.05, 0.1) is 0 Å². The van der Waals surface area contributed by atoms with Gasteiger partial charge in [-0.1, -0.05) is 47.5 Å². The average molecular weight is 438 g/mol. The maximum atomic E-state index is 3.96. The van der Waals surface area contributed by atoms with Gasteiger partial charge in [-0.15, -0.1) is 0 Å². The molecule has 0 atom stereocenters. The van der Waals surface area contributed by atoms with Gasteiger partial charge in [0.15, 0.2) is 0 Å². The summed E-state index contributed by atoms with van der Waals surface area (Å²) in [5.74, 6) is 0.938. The maximum absolute atomic E-state index is 3.96. The first-order valence-corrected chi connectivity index (χ1v) is 4.43. The first kappa shape index (κ1) is 17.9. The summed E-state index contributed by atoms with van der Waals surface area (Å²) in [4.78, 5) is 0. The minimum Gasteiger partial charge on any atom is -0.343 e. The molecule has 1 aliphatic rings. The molecule has 1 fully saturated rings. The summed E-state index contributed by atoms with van der Waals surface area (Å²) in [6, 6.07) is 0. The molecule has 13 heavy (non-hydrogen) atoms. The molecule has 0 aromatic rings. The van der Waals surface area contributed by atoms with Gasteiger partial charge >= 0.3 is 0 Å². The molecule has 0 bridgehead atoms. The molecule has 0 heterocycles. The predicted molar refractivity (Wildman–Crippen MR) is 59.2 cm³/mol. The molecule has 0 aromatic carbocycles. The van der Waals surface area contributed by atoms with Gasteiger partial charge in [0.25, 0.3) is 0 Å². The fourth-order valence-electron chi connectivity index (χ4n) is 1.75. The van der Waals surface area contributed by atoms with Crippen molar-refractivity contribution in [2.45, 2.75) is 60.8 Å². The van der Waals surface area contributed by atoms with Crippen molar-refractivity contribution in [3.63, 3.8) is 0 Å². The van der Waals surface area contributed by atoms with Gasteiger partial charge in [-0.3, -0.25) is 0 Å². The van der Waals surface area contributed by atoms with Crippen LogP contribution < -0.4 is 0 Å². The minimum absolute atomic E-state index is 0. The minimum atomic E-state index is 0. The van der Waals surface area contributed by atoms with Crippen LogP contribution in [-0.2, 0) is 0 Å². The molecule has 0 aromatic heterocycles. The van der Waals surface area contributed by atoms with E-state index in [1.165, 1.54) is 25.7 Å². The Bertz CT molecular complexity index is 97.7. The molecular weight excluding hydrogens is 411 g/mol. The van der Waals surface area contributed by atoms with E-state index < -0.39 is 0 Å². The predicted octanol–water partition coefficient (Wildman–Crippen LogP) is 4.70. The van der Waals surface area contributed by atoms with E-state index in [1.807, 2.05) is 0 Å². The van der Waals surface area contributed by atoms with E-state index in [0.29, 0.717) is 5.41 Å². The average Bonchev–Trinajstić information content (AvgIpc) is 1.88. The Morgan fingerprint density at radius 2 is 1.54 bits per heavy atom. The van der Waals surface area contributed by atoms with Crippen LogP contribution in [0.25, 0.3) is 0 Å². The summed E-state index contributed by atoms with van der Waals surface area (Å²) in [5.41, 5.74) is 0.631. The molecule has 1 aliphatic carbocycles. The Morgan fingerprint density at radius 3 is 1.85 bits per heavy atom. The van der Waals surface area contributed by atoms with Crippen LogP contribution in [-0.4, -0.2) is 0 Å². The number of hydrogen-bond donors (Lipinski definition) is 0. The quantitative estimate of drug-likeness (QED) is 0.521. The third-order valence-electron chi connectivity index (χ3n) is 2.87. The normalized spacial score (nSPS) is 20.5. The van der Waals surface area contributed by atoms with Crippen LogP contribution in [0.1, 0.15) is 60.8 Å². The summed E-state index contributed by atoms with van der Waals surface area (Å²) in [7, 11) is 0. The van der Waals surface area contributed by atoms with Crippen molar-refractivity contribution in [1.82, 2.24) is 0 Å². The van der Waals surface area contributed by atoms with Crippen LogP contribution in [0, 0.1) is 18.3 Å². The summed E-state index contributed by atoms with van der Waals surface area (Å²) < 4.78 is 0. The largest absolute Gasteiger partial charge is 0.343 e. The van der Waals surface area contributed by atoms with Crippen molar-refractivity contribution in [2.75, 3.05) is 0 Å². The van der Waals surface area contributed by atoms with Crippen molar-refractivity contribution in [2.24, 2.45) is 11.3 Å². The Hall–Kier alpha value is -1.00. The molecular formula is C12H27Rf-. The molecule has 1 saturated carbocycles. The molecule has 0 unspecified atom stereocenters. The van der Waals surface area contributed by atoms with E-state index in [2.05, 4.69) is 20.8 Å². The zero-order valence-electron chi connectivity index (χ0n) is 8.03. The van der Waals surface area contributed by atoms with Gasteiger partial charge in [-0.2, -0.15) is 6.42 Å². The summed E-state index contributed by atoms with van der Waals surface area (Å²) in [6.07, 6.45) is 6.80. The Balaban J connectivity index is -0.000000333. The zero-order valence-corrected chi connectivity index (χ0v) is 14.4. The van der Waals surface area contributed by atoms with Gasteiger partial charge in [-0.25, -0.2) is 0 Å². The molecule has 78 valence electrons. The molecule has 0 aliphatic heterocycles. The van der Waals surface area contributed by atoms with Gasteiger partial charge in [0.1, 0.15) is 0 Å². The third kappa shape index (κ3) is 5.27.